The monoisotopic (exact) mass is 313 g/mol. The quantitative estimate of drug-likeness (QED) is 0.355. The largest absolute Gasteiger partial charge is 0.257 e. The molecule has 0 spiro atoms. The molecule has 0 aliphatic carbocycles. The second kappa shape index (κ2) is 9.13. The van der Waals surface area contributed by atoms with Crippen LogP contribution in [0.15, 0.2) is 53.7 Å². The van der Waals surface area contributed by atoms with Gasteiger partial charge in [0.15, 0.2) is 12.7 Å². The third-order valence-corrected chi connectivity index (χ3v) is 3.50. The Balaban J connectivity index is 2.45. The van der Waals surface area contributed by atoms with E-state index < -0.39 is 0 Å². The Morgan fingerprint density at radius 3 is 2.79 bits per heavy atom. The lowest BCUT2D eigenvalue weighted by Crippen LogP contribution is -2.36. The molecule has 0 amide bonds. The van der Waals surface area contributed by atoms with Gasteiger partial charge in [0, 0.05) is 42.3 Å². The van der Waals surface area contributed by atoms with Crippen molar-refractivity contribution in [3.8, 4) is 24.2 Å². The van der Waals surface area contributed by atoms with Crippen LogP contribution in [0.2, 0.25) is 0 Å². The van der Waals surface area contributed by atoms with Crippen LogP contribution in [0.1, 0.15) is 25.5 Å². The summed E-state index contributed by atoms with van der Waals surface area (Å²) in [4.78, 5) is 4.42. The molecule has 0 aliphatic heterocycles. The minimum atomic E-state index is 0.724. The van der Waals surface area contributed by atoms with Crippen LogP contribution < -0.4 is 15.0 Å². The van der Waals surface area contributed by atoms with Crippen molar-refractivity contribution in [3.05, 3.63) is 64.8 Å². The number of benzene rings is 1. The lowest BCUT2D eigenvalue weighted by molar-refractivity contribution is -0.699. The Bertz CT molecular complexity index is 934. The van der Waals surface area contributed by atoms with Crippen molar-refractivity contribution in [2.24, 2.45) is 4.99 Å². The van der Waals surface area contributed by atoms with Gasteiger partial charge in [0.2, 0.25) is 0 Å². The molecule has 1 aromatic carbocycles. The van der Waals surface area contributed by atoms with Gasteiger partial charge in [-0.05, 0) is 24.1 Å². The van der Waals surface area contributed by atoms with E-state index in [1.165, 1.54) is 0 Å². The van der Waals surface area contributed by atoms with Gasteiger partial charge in [0.25, 0.3) is 5.69 Å². The van der Waals surface area contributed by atoms with E-state index in [9.17, 15) is 0 Å². The highest BCUT2D eigenvalue weighted by molar-refractivity contribution is 5.72. The molecular formula is C22H21N2+. The molecule has 0 bridgehead atoms. The van der Waals surface area contributed by atoms with Crippen molar-refractivity contribution in [3.63, 3.8) is 0 Å². The minimum absolute atomic E-state index is 0.724. The topological polar surface area (TPSA) is 16.2 Å². The first-order chi connectivity index (χ1) is 11.8. The van der Waals surface area contributed by atoms with Gasteiger partial charge in [-0.3, -0.25) is 4.99 Å². The van der Waals surface area contributed by atoms with Crippen molar-refractivity contribution in [1.82, 2.24) is 0 Å². The third kappa shape index (κ3) is 4.70. The molecule has 0 fully saturated rings. The van der Waals surface area contributed by atoms with E-state index in [0.29, 0.717) is 0 Å². The number of nitrogens with zero attached hydrogens (tertiary/aromatic N) is 2. The molecule has 0 saturated heterocycles. The van der Waals surface area contributed by atoms with E-state index in [-0.39, 0.29) is 0 Å². The average Bonchev–Trinajstić information content (AvgIpc) is 2.60. The van der Waals surface area contributed by atoms with E-state index in [1.54, 1.807) is 6.21 Å². The maximum atomic E-state index is 5.33. The zero-order valence-electron chi connectivity index (χ0n) is 14.0. The van der Waals surface area contributed by atoms with E-state index in [1.807, 2.05) is 55.6 Å². The molecule has 2 rings (SSSR count). The smallest absolute Gasteiger partial charge is 0.252 e. The second-order valence-electron chi connectivity index (χ2n) is 5.23. The summed E-state index contributed by atoms with van der Waals surface area (Å²) in [5.74, 6) is 9.10. The summed E-state index contributed by atoms with van der Waals surface area (Å²) >= 11 is 0. The zero-order chi connectivity index (χ0) is 17.2. The number of hydrogen-bond donors (Lipinski definition) is 0. The van der Waals surface area contributed by atoms with E-state index >= 15 is 0 Å². The first-order valence-corrected chi connectivity index (χ1v) is 7.97. The SMILES string of the molecule is C#CCCC[n+]1ccccc1C#C/C(N=CC)=c1\ccccc1=C. The van der Waals surface area contributed by atoms with Crippen LogP contribution in [-0.2, 0) is 6.54 Å². The van der Waals surface area contributed by atoms with Gasteiger partial charge in [0.05, 0.1) is 0 Å². The molecule has 2 heteroatoms. The molecule has 1 heterocycles. The van der Waals surface area contributed by atoms with Crippen LogP contribution in [0.3, 0.4) is 0 Å². The highest BCUT2D eigenvalue weighted by Gasteiger charge is 2.05. The average molecular weight is 313 g/mol. The fourth-order valence-corrected chi connectivity index (χ4v) is 2.31. The summed E-state index contributed by atoms with van der Waals surface area (Å²) < 4.78 is 2.12. The molecule has 2 nitrogen and oxygen atoms in total. The Morgan fingerprint density at radius 2 is 2.04 bits per heavy atom. The first-order valence-electron chi connectivity index (χ1n) is 7.97. The predicted molar refractivity (Wildman–Crippen MR) is 100 cm³/mol. The van der Waals surface area contributed by atoms with Crippen LogP contribution in [0, 0.1) is 24.2 Å². The maximum Gasteiger partial charge on any atom is 0.257 e. The van der Waals surface area contributed by atoms with Gasteiger partial charge in [-0.15, -0.1) is 12.3 Å². The van der Waals surface area contributed by atoms with Gasteiger partial charge in [-0.25, -0.2) is 0 Å². The summed E-state index contributed by atoms with van der Waals surface area (Å²) in [6, 6.07) is 13.9. The minimum Gasteiger partial charge on any atom is -0.252 e. The Labute approximate surface area is 143 Å². The Morgan fingerprint density at radius 1 is 1.25 bits per heavy atom. The molecule has 1 aromatic heterocycles. The molecular weight excluding hydrogens is 292 g/mol. The van der Waals surface area contributed by atoms with E-state index in [2.05, 4.69) is 33.9 Å². The van der Waals surface area contributed by atoms with Gasteiger partial charge >= 0.3 is 0 Å². The van der Waals surface area contributed by atoms with Crippen molar-refractivity contribution in [1.29, 1.82) is 0 Å². The number of hydrogen-bond acceptors (Lipinski definition) is 1. The van der Waals surface area contributed by atoms with Gasteiger partial charge in [-0.2, -0.15) is 4.57 Å². The maximum absolute atomic E-state index is 5.33. The summed E-state index contributed by atoms with van der Waals surface area (Å²) in [7, 11) is 0. The fraction of sp³-hybridized carbons (Fsp3) is 0.182. The van der Waals surface area contributed by atoms with Crippen molar-refractivity contribution in [2.45, 2.75) is 26.3 Å². The number of terminal acetylenes is 1. The predicted octanol–water partition coefficient (Wildman–Crippen LogP) is 2.05. The Kier molecular flexibility index (Phi) is 6.57. The normalized spacial score (nSPS) is 11.5. The molecule has 0 aliphatic rings. The number of aryl methyl sites for hydroxylation is 1. The molecule has 24 heavy (non-hydrogen) atoms. The zero-order valence-corrected chi connectivity index (χ0v) is 14.0. The summed E-state index contributed by atoms with van der Waals surface area (Å²) in [6.45, 7) is 6.80. The lowest BCUT2D eigenvalue weighted by Gasteiger charge is -1.97. The number of rotatable bonds is 4. The van der Waals surface area contributed by atoms with E-state index in [4.69, 9.17) is 6.42 Å². The molecule has 0 atom stereocenters. The van der Waals surface area contributed by atoms with Gasteiger partial charge in [-0.1, -0.05) is 30.8 Å². The van der Waals surface area contributed by atoms with Crippen LogP contribution >= 0.6 is 0 Å². The van der Waals surface area contributed by atoms with Crippen molar-refractivity contribution >= 4 is 18.5 Å². The molecule has 0 unspecified atom stereocenters. The summed E-state index contributed by atoms with van der Waals surface area (Å²) in [5.41, 5.74) is 1.67. The highest BCUT2D eigenvalue weighted by Crippen LogP contribution is 1.96. The van der Waals surface area contributed by atoms with Crippen molar-refractivity contribution < 1.29 is 4.57 Å². The van der Waals surface area contributed by atoms with E-state index in [0.717, 1.165) is 41.2 Å². The highest BCUT2D eigenvalue weighted by atomic mass is 14.9. The molecule has 0 radical (unpaired) electrons. The standard InChI is InChI=1S/C22H21N2/c1-4-6-10-17-24-18-11-9-13-20(24)15-16-22(23-5-2)21-14-8-7-12-19(21)3/h1,5,7-9,11-14,18H,3,6,10,17H2,2H3/q+1/b22-21-,23-5?. The van der Waals surface area contributed by atoms with Crippen LogP contribution in [0.25, 0.3) is 12.3 Å². The molecule has 2 aromatic rings. The number of pyridine rings is 1. The molecule has 0 N–H and O–H groups in total. The fourth-order valence-electron chi connectivity index (χ4n) is 2.31. The van der Waals surface area contributed by atoms with Crippen LogP contribution in [0.4, 0.5) is 0 Å². The van der Waals surface area contributed by atoms with Crippen LogP contribution in [0.5, 0.6) is 0 Å². The lowest BCUT2D eigenvalue weighted by atomic mass is 10.2. The molecule has 118 valence electrons. The first kappa shape index (κ1) is 17.3. The molecule has 0 saturated carbocycles. The summed E-state index contributed by atoms with van der Waals surface area (Å²) in [5, 5.41) is 1.88. The van der Waals surface area contributed by atoms with Crippen LogP contribution in [-0.4, -0.2) is 6.21 Å². The van der Waals surface area contributed by atoms with Gasteiger partial charge in [0.1, 0.15) is 5.70 Å². The van der Waals surface area contributed by atoms with Gasteiger partial charge < -0.3 is 0 Å². The number of unbranched alkanes of at least 4 members (excludes halogenated alkanes) is 1. The number of aliphatic imine (C=N–C) groups is 1. The Hall–Kier alpha value is -3.10. The third-order valence-electron chi connectivity index (χ3n) is 3.50. The number of aromatic nitrogens is 1. The summed E-state index contributed by atoms with van der Waals surface area (Å²) in [6.07, 6.45) is 10.8. The second-order valence-corrected chi connectivity index (χ2v) is 5.23. The van der Waals surface area contributed by atoms with Crippen molar-refractivity contribution in [2.75, 3.05) is 0 Å².